The van der Waals surface area contributed by atoms with Crippen molar-refractivity contribution in [1.82, 2.24) is 0 Å². The lowest BCUT2D eigenvalue weighted by atomic mass is 9.88. The number of hydrogen-bond acceptors (Lipinski definition) is 3. The molecule has 0 spiro atoms. The van der Waals surface area contributed by atoms with E-state index in [4.69, 9.17) is 9.84 Å². The zero-order chi connectivity index (χ0) is 24.7. The summed E-state index contributed by atoms with van der Waals surface area (Å²) in [4.78, 5) is 23.1. The highest BCUT2D eigenvalue weighted by Gasteiger charge is 2.23. The van der Waals surface area contributed by atoms with Gasteiger partial charge in [-0.25, -0.2) is 4.79 Å². The molecule has 0 saturated heterocycles. The largest absolute Gasteiger partial charge is 0.478 e. The molecule has 0 aliphatic rings. The molecule has 174 valence electrons. The number of hydrogen-bond donors (Lipinski definition) is 1. The lowest BCUT2D eigenvalue weighted by Gasteiger charge is -2.18. The molecular formula is C30H30O4. The second-order valence-corrected chi connectivity index (χ2v) is 9.03. The maximum Gasteiger partial charge on any atom is 0.328 e. The van der Waals surface area contributed by atoms with Gasteiger partial charge in [0.2, 0.25) is 0 Å². The van der Waals surface area contributed by atoms with Crippen LogP contribution in [0.2, 0.25) is 0 Å². The van der Waals surface area contributed by atoms with Crippen LogP contribution in [0.1, 0.15) is 56.4 Å². The van der Waals surface area contributed by atoms with Crippen molar-refractivity contribution in [3.8, 4) is 5.75 Å². The molecule has 4 nitrogen and oxygen atoms in total. The average Bonchev–Trinajstić information content (AvgIpc) is 2.82. The normalized spacial score (nSPS) is 12.4. The second-order valence-electron chi connectivity index (χ2n) is 9.03. The summed E-state index contributed by atoms with van der Waals surface area (Å²) in [6.07, 6.45) is 3.53. The first kappa shape index (κ1) is 24.7. The highest BCUT2D eigenvalue weighted by molar-refractivity contribution is 5.98. The molecule has 0 unspecified atom stereocenters. The number of carboxylic acids is 1. The number of ether oxygens (including phenoxy) is 1. The van der Waals surface area contributed by atoms with Crippen LogP contribution >= 0.6 is 0 Å². The zero-order valence-electron chi connectivity index (χ0n) is 20.0. The van der Waals surface area contributed by atoms with Gasteiger partial charge in [-0.05, 0) is 78.8 Å². The first-order chi connectivity index (χ1) is 16.2. The van der Waals surface area contributed by atoms with Crippen LogP contribution in [0.3, 0.4) is 0 Å². The van der Waals surface area contributed by atoms with Gasteiger partial charge in [0.1, 0.15) is 5.75 Å². The van der Waals surface area contributed by atoms with E-state index in [2.05, 4.69) is 19.1 Å². The van der Waals surface area contributed by atoms with Gasteiger partial charge in [-0.15, -0.1) is 0 Å². The van der Waals surface area contributed by atoms with Gasteiger partial charge in [-0.2, -0.15) is 0 Å². The van der Waals surface area contributed by atoms with E-state index in [0.29, 0.717) is 5.75 Å². The minimum Gasteiger partial charge on any atom is -0.478 e. The van der Waals surface area contributed by atoms with E-state index in [1.165, 1.54) is 5.57 Å². The lowest BCUT2D eigenvalue weighted by Crippen LogP contribution is -2.25. The quantitative estimate of drug-likeness (QED) is 0.179. The second kappa shape index (κ2) is 10.8. The molecule has 34 heavy (non-hydrogen) atoms. The average molecular weight is 455 g/mol. The Labute approximate surface area is 201 Å². The molecule has 0 saturated carbocycles. The molecule has 0 aliphatic heterocycles. The minimum atomic E-state index is -0.978. The van der Waals surface area contributed by atoms with Crippen molar-refractivity contribution in [2.75, 3.05) is 0 Å². The predicted molar refractivity (Wildman–Crippen MR) is 137 cm³/mol. The summed E-state index contributed by atoms with van der Waals surface area (Å²) in [6, 6.07) is 25.7. The van der Waals surface area contributed by atoms with E-state index >= 15 is 0 Å². The molecule has 0 radical (unpaired) electrons. The van der Waals surface area contributed by atoms with Crippen LogP contribution in [0.5, 0.6) is 5.75 Å². The number of carboxylic acid groups (broad SMARTS) is 1. The number of carbonyl (C=O) groups excluding carboxylic acids is 1. The van der Waals surface area contributed by atoms with Crippen molar-refractivity contribution in [3.05, 3.63) is 107 Å². The molecule has 3 aromatic carbocycles. The third-order valence-electron chi connectivity index (χ3n) is 5.36. The number of rotatable bonds is 7. The summed E-state index contributed by atoms with van der Waals surface area (Å²) in [6.45, 7) is 7.61. The molecule has 1 N–H and O–H groups in total. The van der Waals surface area contributed by atoms with Crippen molar-refractivity contribution < 1.29 is 19.4 Å². The molecule has 0 heterocycles. The Morgan fingerprint density at radius 2 is 1.38 bits per heavy atom. The molecule has 0 bridgehead atoms. The highest BCUT2D eigenvalue weighted by Crippen LogP contribution is 2.35. The summed E-state index contributed by atoms with van der Waals surface area (Å²) in [5.41, 5.74) is 5.66. The fraction of sp³-hybridized carbons (Fsp3) is 0.200. The minimum absolute atomic E-state index is 0.278. The smallest absolute Gasteiger partial charge is 0.328 e. The van der Waals surface area contributed by atoms with E-state index in [1.807, 2.05) is 87.5 Å². The van der Waals surface area contributed by atoms with Gasteiger partial charge >= 0.3 is 11.9 Å². The Bertz CT molecular complexity index is 1190. The highest BCUT2D eigenvalue weighted by atomic mass is 16.5. The number of benzene rings is 3. The molecule has 0 aromatic heterocycles. The van der Waals surface area contributed by atoms with Crippen LogP contribution in [-0.4, -0.2) is 17.0 Å². The Kier molecular flexibility index (Phi) is 7.85. The Morgan fingerprint density at radius 1 is 0.824 bits per heavy atom. The molecule has 0 fully saturated rings. The summed E-state index contributed by atoms with van der Waals surface area (Å²) >= 11 is 0. The number of aliphatic carboxylic acids is 1. The topological polar surface area (TPSA) is 63.6 Å². The van der Waals surface area contributed by atoms with E-state index in [9.17, 15) is 9.59 Å². The molecule has 3 aromatic rings. The van der Waals surface area contributed by atoms with Crippen LogP contribution in [0.4, 0.5) is 0 Å². The molecule has 0 amide bonds. The summed E-state index contributed by atoms with van der Waals surface area (Å²) in [7, 11) is 0. The maximum atomic E-state index is 12.3. The summed E-state index contributed by atoms with van der Waals surface area (Å²) in [5, 5.41) is 8.89. The van der Waals surface area contributed by atoms with Gasteiger partial charge in [0.15, 0.2) is 0 Å². The third kappa shape index (κ3) is 6.32. The summed E-state index contributed by atoms with van der Waals surface area (Å²) < 4.78 is 5.54. The Hall–Kier alpha value is -3.92. The van der Waals surface area contributed by atoms with Crippen LogP contribution in [0.15, 0.2) is 84.9 Å². The lowest BCUT2D eigenvalue weighted by molar-refractivity contribution is -0.143. The maximum absolute atomic E-state index is 12.3. The van der Waals surface area contributed by atoms with E-state index in [-0.39, 0.29) is 5.97 Å². The fourth-order valence-corrected chi connectivity index (χ4v) is 3.56. The van der Waals surface area contributed by atoms with Crippen molar-refractivity contribution in [3.63, 3.8) is 0 Å². The standard InChI is InChI=1S/C30H30O4/c1-5-26(22-9-7-6-8-10-22)28(23-14-11-21(12-15-23)13-20-27(31)32)24-16-18-25(19-17-24)34-29(33)30(2,3)4/h6-20H,5H2,1-4H3,(H,31,32)/b20-13+,28-26-. The molecule has 0 atom stereocenters. The first-order valence-corrected chi connectivity index (χ1v) is 11.3. The van der Waals surface area contributed by atoms with Gasteiger partial charge in [-0.1, -0.05) is 73.7 Å². The van der Waals surface area contributed by atoms with Gasteiger partial charge < -0.3 is 9.84 Å². The number of carbonyl (C=O) groups is 2. The van der Waals surface area contributed by atoms with Crippen LogP contribution in [0.25, 0.3) is 17.2 Å². The molecular weight excluding hydrogens is 424 g/mol. The number of esters is 1. The van der Waals surface area contributed by atoms with Crippen molar-refractivity contribution in [2.45, 2.75) is 34.1 Å². The Balaban J connectivity index is 2.07. The number of allylic oxidation sites excluding steroid dienone is 1. The van der Waals surface area contributed by atoms with Crippen molar-refractivity contribution in [1.29, 1.82) is 0 Å². The summed E-state index contributed by atoms with van der Waals surface area (Å²) in [5.74, 6) is -0.747. The van der Waals surface area contributed by atoms with Gasteiger partial charge in [-0.3, -0.25) is 4.79 Å². The Morgan fingerprint density at radius 3 is 1.88 bits per heavy atom. The van der Waals surface area contributed by atoms with Crippen LogP contribution in [-0.2, 0) is 9.59 Å². The van der Waals surface area contributed by atoms with Crippen LogP contribution in [0, 0.1) is 5.41 Å². The van der Waals surface area contributed by atoms with Gasteiger partial charge in [0.25, 0.3) is 0 Å². The zero-order valence-corrected chi connectivity index (χ0v) is 20.0. The van der Waals surface area contributed by atoms with Crippen molar-refractivity contribution >= 4 is 29.2 Å². The van der Waals surface area contributed by atoms with Gasteiger partial charge in [0, 0.05) is 6.08 Å². The first-order valence-electron chi connectivity index (χ1n) is 11.3. The van der Waals surface area contributed by atoms with Gasteiger partial charge in [0.05, 0.1) is 5.41 Å². The van der Waals surface area contributed by atoms with E-state index in [0.717, 1.165) is 40.3 Å². The predicted octanol–water partition coefficient (Wildman–Crippen LogP) is 7.11. The fourth-order valence-electron chi connectivity index (χ4n) is 3.56. The monoisotopic (exact) mass is 454 g/mol. The molecule has 4 heteroatoms. The molecule has 0 aliphatic carbocycles. The van der Waals surface area contributed by atoms with E-state index < -0.39 is 11.4 Å². The SMILES string of the molecule is CC/C(=C(\c1ccc(/C=C/C(=O)O)cc1)c1ccc(OC(=O)C(C)(C)C)cc1)c1ccccc1. The van der Waals surface area contributed by atoms with Crippen LogP contribution < -0.4 is 4.74 Å². The van der Waals surface area contributed by atoms with Crippen molar-refractivity contribution in [2.24, 2.45) is 5.41 Å². The third-order valence-corrected chi connectivity index (χ3v) is 5.36. The van der Waals surface area contributed by atoms with E-state index in [1.54, 1.807) is 6.08 Å². The molecule has 3 rings (SSSR count).